The number of fused-ring (bicyclic) bond motifs is 8. The van der Waals surface area contributed by atoms with Gasteiger partial charge in [-0.3, -0.25) is 9.69 Å². The van der Waals surface area contributed by atoms with E-state index in [0.29, 0.717) is 36.9 Å². The molecule has 7 rings (SSSR count). The topological polar surface area (TPSA) is 64.0 Å². The van der Waals surface area contributed by atoms with Crippen LogP contribution in [-0.2, 0) is 6.42 Å². The molecule has 4 aliphatic rings. The van der Waals surface area contributed by atoms with Crippen molar-refractivity contribution in [2.75, 3.05) is 37.6 Å². The molecule has 1 saturated carbocycles. The molecule has 2 bridgehead atoms. The number of carbonyl (C=O) groups excluding carboxylic acids is 1. The van der Waals surface area contributed by atoms with Crippen LogP contribution in [0.3, 0.4) is 0 Å². The van der Waals surface area contributed by atoms with Crippen molar-refractivity contribution in [3.63, 3.8) is 0 Å². The largest absolute Gasteiger partial charge is 0.393 e. The minimum absolute atomic E-state index is 0.000482. The summed E-state index contributed by atoms with van der Waals surface area (Å²) in [5.41, 5.74) is 4.28. The number of piperazine rings is 1. The molecule has 45 heavy (non-hydrogen) atoms. The lowest BCUT2D eigenvalue weighted by Gasteiger charge is -2.47. The minimum atomic E-state index is -0.920. The molecular weight excluding hydrogens is 563 g/mol. The summed E-state index contributed by atoms with van der Waals surface area (Å²) in [6.07, 6.45) is 6.98. The summed E-state index contributed by atoms with van der Waals surface area (Å²) < 4.78 is 13.5. The molecule has 0 amide bonds. The summed E-state index contributed by atoms with van der Waals surface area (Å²) in [6.45, 7) is 8.29. The molecule has 238 valence electrons. The highest BCUT2D eigenvalue weighted by molar-refractivity contribution is 6.10. The average Bonchev–Trinajstić information content (AvgIpc) is 3.29. The first-order valence-corrected chi connectivity index (χ1v) is 16.7. The van der Waals surface area contributed by atoms with E-state index in [1.807, 2.05) is 48.5 Å². The quantitative estimate of drug-likeness (QED) is 0.243. The molecular formula is C39H47FN2O3. The molecule has 3 aliphatic carbocycles. The monoisotopic (exact) mass is 610 g/mol. The summed E-state index contributed by atoms with van der Waals surface area (Å²) in [6, 6.07) is 22.4. The summed E-state index contributed by atoms with van der Waals surface area (Å²) in [4.78, 5) is 18.8. The van der Waals surface area contributed by atoms with E-state index in [2.05, 4.69) is 41.9 Å². The zero-order valence-corrected chi connectivity index (χ0v) is 26.7. The standard InChI is InChI=1S/C39H47FN2O3/c1-28-7-6-19-38(2)36(18-20-39(38,45)27-41-21-23-42(24-22-41)32-14-12-31(40)13-15-32)34-17-11-29(25-33(43)16-10-28)26-35(34)37(44)30-8-4-3-5-9-30/h3-5,7-9,11-15,17,26,33,36,43,45H,6,10,16,18-25,27H2,1-2H3/t33-,36-,38-,39+/m0/s1. The Labute approximate surface area is 267 Å². The van der Waals surface area contributed by atoms with Gasteiger partial charge in [0.15, 0.2) is 5.78 Å². The molecule has 1 heterocycles. The second-order valence-electron chi connectivity index (χ2n) is 13.9. The van der Waals surface area contributed by atoms with Gasteiger partial charge in [-0.2, -0.15) is 0 Å². The van der Waals surface area contributed by atoms with Gasteiger partial charge < -0.3 is 15.1 Å². The molecule has 4 atom stereocenters. The van der Waals surface area contributed by atoms with Gasteiger partial charge in [0, 0.05) is 55.0 Å². The van der Waals surface area contributed by atoms with Crippen LogP contribution in [0, 0.1) is 11.2 Å². The molecule has 2 fully saturated rings. The van der Waals surface area contributed by atoms with Crippen molar-refractivity contribution < 1.29 is 19.4 Å². The van der Waals surface area contributed by atoms with Crippen LogP contribution < -0.4 is 4.90 Å². The van der Waals surface area contributed by atoms with Crippen LogP contribution in [0.25, 0.3) is 0 Å². The predicted molar refractivity (Wildman–Crippen MR) is 178 cm³/mol. The zero-order valence-electron chi connectivity index (χ0n) is 26.7. The number of nitrogens with zero attached hydrogens (tertiary/aromatic N) is 2. The van der Waals surface area contributed by atoms with Crippen LogP contribution in [0.4, 0.5) is 10.1 Å². The first-order chi connectivity index (χ1) is 21.6. The molecule has 3 aromatic rings. The molecule has 0 unspecified atom stereocenters. The number of benzene rings is 3. The van der Waals surface area contributed by atoms with Crippen LogP contribution in [0.2, 0.25) is 0 Å². The van der Waals surface area contributed by atoms with Crippen molar-refractivity contribution in [3.8, 4) is 0 Å². The number of halogens is 1. The first-order valence-electron chi connectivity index (χ1n) is 16.7. The fourth-order valence-electron chi connectivity index (χ4n) is 8.13. The third-order valence-corrected chi connectivity index (χ3v) is 11.0. The number of hydrogen-bond acceptors (Lipinski definition) is 5. The number of ketones is 1. The first kappa shape index (κ1) is 31.7. The SMILES string of the molecule is CC1=CCC[C@@]2(C)[C@@H](CC[C@@]2(O)CN2CCN(c3ccc(F)cc3)CC2)c2ccc(cc2C(=O)c2ccccc2)C[C@@H](O)CC1. The molecule has 5 nitrogen and oxygen atoms in total. The zero-order chi connectivity index (χ0) is 31.6. The third-order valence-electron chi connectivity index (χ3n) is 11.0. The van der Waals surface area contributed by atoms with E-state index in [1.165, 1.54) is 17.7 Å². The smallest absolute Gasteiger partial charge is 0.193 e. The molecule has 0 spiro atoms. The van der Waals surface area contributed by atoms with Crippen LogP contribution in [0.5, 0.6) is 0 Å². The van der Waals surface area contributed by atoms with Gasteiger partial charge in [-0.15, -0.1) is 0 Å². The summed E-state index contributed by atoms with van der Waals surface area (Å²) >= 11 is 0. The van der Waals surface area contributed by atoms with E-state index in [-0.39, 0.29) is 17.5 Å². The number of rotatable bonds is 5. The van der Waals surface area contributed by atoms with E-state index in [4.69, 9.17) is 0 Å². The van der Waals surface area contributed by atoms with Gasteiger partial charge in [0.05, 0.1) is 11.7 Å². The number of aliphatic hydroxyl groups excluding tert-OH is 1. The number of hydrogen-bond donors (Lipinski definition) is 2. The molecule has 3 aromatic carbocycles. The molecule has 2 N–H and O–H groups in total. The Balaban J connectivity index is 1.32. The summed E-state index contributed by atoms with van der Waals surface area (Å²) in [5.74, 6) is -0.210. The van der Waals surface area contributed by atoms with E-state index < -0.39 is 17.1 Å². The van der Waals surface area contributed by atoms with Crippen molar-refractivity contribution in [1.29, 1.82) is 0 Å². The minimum Gasteiger partial charge on any atom is -0.393 e. The Bertz CT molecular complexity index is 1510. The lowest BCUT2D eigenvalue weighted by atomic mass is 9.64. The predicted octanol–water partition coefficient (Wildman–Crippen LogP) is 6.92. The lowest BCUT2D eigenvalue weighted by Crippen LogP contribution is -2.56. The molecule has 1 aliphatic heterocycles. The van der Waals surface area contributed by atoms with Crippen molar-refractivity contribution in [1.82, 2.24) is 4.90 Å². The number of carbonyl (C=O) groups is 1. The normalized spacial score (nSPS) is 27.9. The van der Waals surface area contributed by atoms with Crippen molar-refractivity contribution >= 4 is 11.5 Å². The highest BCUT2D eigenvalue weighted by atomic mass is 19.1. The summed E-state index contributed by atoms with van der Waals surface area (Å²) in [7, 11) is 0. The number of anilines is 1. The van der Waals surface area contributed by atoms with E-state index in [9.17, 15) is 19.4 Å². The number of β-amino-alcohol motifs (C(OH)–C–C–N with tert-alkyl or cyclic N) is 1. The fraction of sp³-hybridized carbons (Fsp3) is 0.462. The summed E-state index contributed by atoms with van der Waals surface area (Å²) in [5, 5.41) is 23.5. The Hall–Kier alpha value is -3.32. The number of aliphatic hydroxyl groups is 2. The van der Waals surface area contributed by atoms with Crippen molar-refractivity contribution in [3.05, 3.63) is 113 Å². The van der Waals surface area contributed by atoms with Gasteiger partial charge in [0.1, 0.15) is 5.82 Å². The van der Waals surface area contributed by atoms with Gasteiger partial charge in [-0.25, -0.2) is 4.39 Å². The maximum absolute atomic E-state index is 14.1. The second kappa shape index (κ2) is 13.2. The van der Waals surface area contributed by atoms with Crippen LogP contribution >= 0.6 is 0 Å². The lowest BCUT2D eigenvalue weighted by molar-refractivity contribution is -0.0841. The van der Waals surface area contributed by atoms with Crippen LogP contribution in [-0.4, -0.2) is 65.3 Å². The maximum Gasteiger partial charge on any atom is 0.193 e. The van der Waals surface area contributed by atoms with Crippen LogP contribution in [0.1, 0.15) is 85.3 Å². The molecule has 0 radical (unpaired) electrons. The Kier molecular flexibility index (Phi) is 9.28. The fourth-order valence-corrected chi connectivity index (χ4v) is 8.13. The average molecular weight is 611 g/mol. The van der Waals surface area contributed by atoms with Gasteiger partial charge in [-0.1, -0.05) is 61.0 Å². The van der Waals surface area contributed by atoms with E-state index >= 15 is 0 Å². The number of allylic oxidation sites excluding steroid dienone is 2. The van der Waals surface area contributed by atoms with Crippen molar-refractivity contribution in [2.45, 2.75) is 76.4 Å². The molecule has 0 aromatic heterocycles. The van der Waals surface area contributed by atoms with Gasteiger partial charge in [0.2, 0.25) is 0 Å². The van der Waals surface area contributed by atoms with Crippen LogP contribution in [0.15, 0.2) is 84.4 Å². The highest BCUT2D eigenvalue weighted by Crippen LogP contribution is 2.59. The Morgan fingerprint density at radius 3 is 2.42 bits per heavy atom. The Morgan fingerprint density at radius 1 is 0.956 bits per heavy atom. The van der Waals surface area contributed by atoms with Gasteiger partial charge >= 0.3 is 0 Å². The van der Waals surface area contributed by atoms with Gasteiger partial charge in [-0.05, 0) is 99.2 Å². The molecule has 1 saturated heterocycles. The van der Waals surface area contributed by atoms with E-state index in [0.717, 1.165) is 68.7 Å². The Morgan fingerprint density at radius 2 is 1.69 bits per heavy atom. The second-order valence-corrected chi connectivity index (χ2v) is 13.9. The maximum atomic E-state index is 14.1. The highest BCUT2D eigenvalue weighted by Gasteiger charge is 2.57. The van der Waals surface area contributed by atoms with Gasteiger partial charge in [0.25, 0.3) is 0 Å². The van der Waals surface area contributed by atoms with Crippen molar-refractivity contribution in [2.24, 2.45) is 5.41 Å². The van der Waals surface area contributed by atoms with E-state index in [1.54, 1.807) is 0 Å². The molecule has 6 heteroatoms. The third kappa shape index (κ3) is 6.65.